The molecule has 1 atom stereocenters. The average molecular weight is 413 g/mol. The minimum atomic E-state index is 0.157. The molecule has 0 radical (unpaired) electrons. The molecule has 1 saturated carbocycles. The molecular formula is C25H36N2O3. The molecule has 2 heterocycles. The molecule has 2 amide bonds. The number of rotatable bonds is 4. The first-order chi connectivity index (χ1) is 14.5. The van der Waals surface area contributed by atoms with Crippen LogP contribution in [-0.4, -0.2) is 61.0 Å². The first-order valence-electron chi connectivity index (χ1n) is 11.7. The summed E-state index contributed by atoms with van der Waals surface area (Å²) in [6, 6.07) is 6.04. The van der Waals surface area contributed by atoms with E-state index in [9.17, 15) is 9.59 Å². The van der Waals surface area contributed by atoms with E-state index in [0.29, 0.717) is 38.6 Å². The van der Waals surface area contributed by atoms with Crippen molar-refractivity contribution in [2.45, 2.75) is 58.8 Å². The zero-order chi connectivity index (χ0) is 21.1. The molecule has 1 aliphatic carbocycles. The molecule has 3 fully saturated rings. The largest absolute Gasteiger partial charge is 0.378 e. The Kier molecular flexibility index (Phi) is 6.47. The molecule has 1 aromatic rings. The van der Waals surface area contributed by atoms with Crippen LogP contribution >= 0.6 is 0 Å². The lowest BCUT2D eigenvalue weighted by Gasteiger charge is -2.38. The lowest BCUT2D eigenvalue weighted by Crippen LogP contribution is -2.41. The van der Waals surface area contributed by atoms with Gasteiger partial charge in [-0.25, -0.2) is 0 Å². The number of aryl methyl sites for hydroxylation is 2. The molecule has 1 spiro atoms. The first kappa shape index (κ1) is 21.4. The van der Waals surface area contributed by atoms with E-state index < -0.39 is 0 Å². The monoisotopic (exact) mass is 412 g/mol. The summed E-state index contributed by atoms with van der Waals surface area (Å²) < 4.78 is 5.38. The lowest BCUT2D eigenvalue weighted by molar-refractivity contribution is -0.135. The highest BCUT2D eigenvalue weighted by atomic mass is 16.5. The molecule has 164 valence electrons. The minimum absolute atomic E-state index is 0.157. The number of nitrogens with zero attached hydrogens (tertiary/aromatic N) is 2. The van der Waals surface area contributed by atoms with Crippen molar-refractivity contribution >= 4 is 11.8 Å². The maximum atomic E-state index is 13.3. The Morgan fingerprint density at radius 3 is 2.47 bits per heavy atom. The van der Waals surface area contributed by atoms with E-state index >= 15 is 0 Å². The lowest BCUT2D eigenvalue weighted by atomic mass is 9.66. The maximum Gasteiger partial charge on any atom is 0.253 e. The fourth-order valence-corrected chi connectivity index (χ4v) is 5.73. The summed E-state index contributed by atoms with van der Waals surface area (Å²) in [7, 11) is 0. The Morgan fingerprint density at radius 1 is 1.03 bits per heavy atom. The van der Waals surface area contributed by atoms with E-state index in [1.807, 2.05) is 23.1 Å². The summed E-state index contributed by atoms with van der Waals surface area (Å²) >= 11 is 0. The second-order valence-corrected chi connectivity index (χ2v) is 9.64. The van der Waals surface area contributed by atoms with Crippen LogP contribution in [0.4, 0.5) is 0 Å². The van der Waals surface area contributed by atoms with Crippen LogP contribution in [0.3, 0.4) is 0 Å². The predicted octanol–water partition coefficient (Wildman–Crippen LogP) is 3.96. The summed E-state index contributed by atoms with van der Waals surface area (Å²) in [5.74, 6) is 0.839. The van der Waals surface area contributed by atoms with Crippen LogP contribution in [0.1, 0.15) is 66.4 Å². The van der Waals surface area contributed by atoms with Crippen LogP contribution < -0.4 is 0 Å². The second kappa shape index (κ2) is 9.09. The van der Waals surface area contributed by atoms with E-state index in [4.69, 9.17) is 4.74 Å². The number of hydrogen-bond acceptors (Lipinski definition) is 3. The van der Waals surface area contributed by atoms with E-state index in [1.54, 1.807) is 0 Å². The van der Waals surface area contributed by atoms with Gasteiger partial charge in [0.15, 0.2) is 0 Å². The van der Waals surface area contributed by atoms with Crippen molar-refractivity contribution < 1.29 is 14.3 Å². The van der Waals surface area contributed by atoms with Crippen LogP contribution in [0.5, 0.6) is 0 Å². The zero-order valence-corrected chi connectivity index (χ0v) is 18.6. The van der Waals surface area contributed by atoms with Gasteiger partial charge in [-0.05, 0) is 67.7 Å². The minimum Gasteiger partial charge on any atom is -0.378 e. The number of morpholine rings is 1. The maximum absolute atomic E-state index is 13.3. The molecule has 30 heavy (non-hydrogen) atoms. The quantitative estimate of drug-likeness (QED) is 0.752. The topological polar surface area (TPSA) is 49.9 Å². The first-order valence-corrected chi connectivity index (χ1v) is 11.7. The summed E-state index contributed by atoms with van der Waals surface area (Å²) in [6.45, 7) is 8.53. The summed E-state index contributed by atoms with van der Waals surface area (Å²) in [5.41, 5.74) is 3.39. The molecule has 2 aliphatic heterocycles. The van der Waals surface area contributed by atoms with Gasteiger partial charge in [0, 0.05) is 38.2 Å². The number of carbonyl (C=O) groups excluding carboxylic acids is 2. The molecule has 1 aromatic carbocycles. The molecule has 4 rings (SSSR count). The van der Waals surface area contributed by atoms with Crippen molar-refractivity contribution in [2.24, 2.45) is 11.3 Å². The van der Waals surface area contributed by atoms with Crippen molar-refractivity contribution in [1.29, 1.82) is 0 Å². The van der Waals surface area contributed by atoms with Gasteiger partial charge in [0.25, 0.3) is 5.91 Å². The average Bonchev–Trinajstić information content (AvgIpc) is 3.12. The Labute approximate surface area is 180 Å². The van der Waals surface area contributed by atoms with Crippen LogP contribution in [0.15, 0.2) is 18.2 Å². The summed E-state index contributed by atoms with van der Waals surface area (Å²) in [5, 5.41) is 0. The van der Waals surface area contributed by atoms with Crippen molar-refractivity contribution in [2.75, 3.05) is 39.4 Å². The third-order valence-corrected chi connectivity index (χ3v) is 7.77. The molecule has 5 heteroatoms. The van der Waals surface area contributed by atoms with Gasteiger partial charge < -0.3 is 14.5 Å². The molecule has 3 aliphatic rings. The molecule has 0 N–H and O–H groups in total. The molecular weight excluding hydrogens is 376 g/mol. The Hall–Kier alpha value is -1.88. The van der Waals surface area contributed by atoms with Gasteiger partial charge in [-0.3, -0.25) is 9.59 Å². The van der Waals surface area contributed by atoms with Crippen LogP contribution in [0.2, 0.25) is 0 Å². The number of benzene rings is 1. The van der Waals surface area contributed by atoms with Crippen LogP contribution in [0.25, 0.3) is 0 Å². The van der Waals surface area contributed by atoms with Crippen molar-refractivity contribution in [3.05, 3.63) is 34.9 Å². The number of hydrogen-bond donors (Lipinski definition) is 0. The van der Waals surface area contributed by atoms with E-state index in [1.165, 1.54) is 43.2 Å². The molecule has 5 nitrogen and oxygen atoms in total. The second-order valence-electron chi connectivity index (χ2n) is 9.64. The standard InChI is InChI=1S/C25H36N2O3/c1-19-6-7-21(16-20(19)2)24(29)27-17-22(25(18-27)10-4-3-5-11-25)8-9-23(28)26-12-14-30-15-13-26/h6-7,16,22H,3-5,8-15,17-18H2,1-2H3. The third-order valence-electron chi connectivity index (χ3n) is 7.77. The van der Waals surface area contributed by atoms with Crippen molar-refractivity contribution in [3.8, 4) is 0 Å². The smallest absolute Gasteiger partial charge is 0.253 e. The van der Waals surface area contributed by atoms with Crippen LogP contribution in [-0.2, 0) is 9.53 Å². The fraction of sp³-hybridized carbons (Fsp3) is 0.680. The highest BCUT2D eigenvalue weighted by molar-refractivity contribution is 5.94. The SMILES string of the molecule is Cc1ccc(C(=O)N2CC(CCC(=O)N3CCOCC3)C3(CCCCC3)C2)cc1C. The number of likely N-dealkylation sites (tertiary alicyclic amines) is 1. The molecule has 1 unspecified atom stereocenters. The highest BCUT2D eigenvalue weighted by Gasteiger charge is 2.48. The van der Waals surface area contributed by atoms with Gasteiger partial charge in [-0.1, -0.05) is 25.3 Å². The van der Waals surface area contributed by atoms with Gasteiger partial charge >= 0.3 is 0 Å². The van der Waals surface area contributed by atoms with Crippen molar-refractivity contribution in [3.63, 3.8) is 0 Å². The van der Waals surface area contributed by atoms with Gasteiger partial charge in [-0.2, -0.15) is 0 Å². The van der Waals surface area contributed by atoms with E-state index in [0.717, 1.165) is 25.1 Å². The van der Waals surface area contributed by atoms with Crippen LogP contribution in [0, 0.1) is 25.2 Å². The Balaban J connectivity index is 1.45. The van der Waals surface area contributed by atoms with Gasteiger partial charge in [0.2, 0.25) is 5.91 Å². The van der Waals surface area contributed by atoms with Gasteiger partial charge in [-0.15, -0.1) is 0 Å². The van der Waals surface area contributed by atoms with E-state index in [2.05, 4.69) is 18.7 Å². The number of amides is 2. The normalized spacial score (nSPS) is 23.7. The Morgan fingerprint density at radius 2 is 1.77 bits per heavy atom. The fourth-order valence-electron chi connectivity index (χ4n) is 5.73. The van der Waals surface area contributed by atoms with Gasteiger partial charge in [0.05, 0.1) is 13.2 Å². The summed E-state index contributed by atoms with van der Waals surface area (Å²) in [4.78, 5) is 30.1. The summed E-state index contributed by atoms with van der Waals surface area (Å²) in [6.07, 6.45) is 7.68. The zero-order valence-electron chi connectivity index (χ0n) is 18.6. The number of ether oxygens (including phenoxy) is 1. The Bertz CT molecular complexity index is 779. The molecule has 0 aromatic heterocycles. The highest BCUT2D eigenvalue weighted by Crippen LogP contribution is 2.49. The predicted molar refractivity (Wildman–Crippen MR) is 117 cm³/mol. The molecule has 2 saturated heterocycles. The van der Waals surface area contributed by atoms with E-state index in [-0.39, 0.29) is 17.2 Å². The molecule has 0 bridgehead atoms. The van der Waals surface area contributed by atoms with Gasteiger partial charge in [0.1, 0.15) is 0 Å². The third kappa shape index (κ3) is 4.41. The van der Waals surface area contributed by atoms with Crippen molar-refractivity contribution in [1.82, 2.24) is 9.80 Å². The number of carbonyl (C=O) groups is 2.